The number of hydrogen-bond acceptors (Lipinski definition) is 4. The third-order valence-corrected chi connectivity index (χ3v) is 3.59. The van der Waals surface area contributed by atoms with Gasteiger partial charge in [-0.2, -0.15) is 0 Å². The van der Waals surface area contributed by atoms with Gasteiger partial charge in [0.1, 0.15) is 6.61 Å². The number of hydrogen-bond donors (Lipinski definition) is 0. The van der Waals surface area contributed by atoms with Crippen molar-refractivity contribution in [1.82, 2.24) is 4.90 Å². The molecule has 1 aliphatic rings. The van der Waals surface area contributed by atoms with Crippen molar-refractivity contribution in [2.24, 2.45) is 0 Å². The first-order valence-electron chi connectivity index (χ1n) is 6.69. The molecule has 0 aliphatic carbocycles. The first-order chi connectivity index (χ1) is 9.93. The second-order valence-electron chi connectivity index (χ2n) is 5.01. The van der Waals surface area contributed by atoms with Crippen LogP contribution < -0.4 is 0 Å². The topological polar surface area (TPSA) is 63.7 Å². The monoisotopic (exact) mass is 287 g/mol. The van der Waals surface area contributed by atoms with Crippen LogP contribution in [0.25, 0.3) is 0 Å². The van der Waals surface area contributed by atoms with Crippen molar-refractivity contribution in [2.45, 2.75) is 33.4 Å². The molecule has 1 aromatic carbocycles. The third-order valence-electron chi connectivity index (χ3n) is 3.59. The lowest BCUT2D eigenvalue weighted by Gasteiger charge is -2.20. The zero-order valence-corrected chi connectivity index (χ0v) is 12.3. The summed E-state index contributed by atoms with van der Waals surface area (Å²) in [6, 6.07) is 8.74. The lowest BCUT2D eigenvalue weighted by Crippen LogP contribution is -2.39. The van der Waals surface area contributed by atoms with Crippen LogP contribution in [0.5, 0.6) is 0 Å². The third kappa shape index (κ3) is 2.86. The number of ether oxygens (including phenoxy) is 1. The fourth-order valence-corrected chi connectivity index (χ4v) is 2.33. The summed E-state index contributed by atoms with van der Waals surface area (Å²) in [5.74, 6) is -0.909. The molecule has 1 unspecified atom stereocenters. The van der Waals surface area contributed by atoms with E-state index in [1.807, 2.05) is 30.3 Å². The van der Waals surface area contributed by atoms with Crippen LogP contribution in [0.4, 0.5) is 4.79 Å². The Balaban J connectivity index is 2.08. The number of ketones is 1. The predicted molar refractivity (Wildman–Crippen MR) is 76.3 cm³/mol. The highest BCUT2D eigenvalue weighted by Gasteiger charge is 2.41. The van der Waals surface area contributed by atoms with E-state index in [1.54, 1.807) is 13.8 Å². The van der Waals surface area contributed by atoms with Gasteiger partial charge in [-0.15, -0.1) is 0 Å². The molecule has 1 aromatic rings. The molecular formula is C16H17NO4. The maximum atomic E-state index is 12.2. The Bertz CT molecular complexity index is 618. The summed E-state index contributed by atoms with van der Waals surface area (Å²) in [4.78, 5) is 36.8. The summed E-state index contributed by atoms with van der Waals surface area (Å²) in [6.07, 6.45) is -0.730. The molecule has 2 amide bonds. The quantitative estimate of drug-likeness (QED) is 0.801. The average molecular weight is 287 g/mol. The zero-order chi connectivity index (χ0) is 15.6. The maximum Gasteiger partial charge on any atom is 0.417 e. The van der Waals surface area contributed by atoms with Crippen molar-refractivity contribution >= 4 is 17.8 Å². The molecule has 0 radical (unpaired) electrons. The van der Waals surface area contributed by atoms with Gasteiger partial charge in [-0.05, 0) is 31.9 Å². The summed E-state index contributed by atoms with van der Waals surface area (Å²) in [6.45, 7) is 4.80. The second kappa shape index (κ2) is 5.91. The lowest BCUT2D eigenvalue weighted by atomic mass is 10.1. The number of benzene rings is 1. The lowest BCUT2D eigenvalue weighted by molar-refractivity contribution is -0.127. The first-order valence-corrected chi connectivity index (χ1v) is 6.69. The Morgan fingerprint density at radius 2 is 1.86 bits per heavy atom. The van der Waals surface area contributed by atoms with E-state index in [0.29, 0.717) is 5.57 Å². The minimum Gasteiger partial charge on any atom is -0.444 e. The van der Waals surface area contributed by atoms with Crippen LogP contribution in [-0.2, 0) is 20.9 Å². The summed E-state index contributed by atoms with van der Waals surface area (Å²) in [7, 11) is 0. The van der Waals surface area contributed by atoms with Gasteiger partial charge in [0.25, 0.3) is 5.91 Å². The van der Waals surface area contributed by atoms with E-state index in [9.17, 15) is 14.4 Å². The van der Waals surface area contributed by atoms with Crippen LogP contribution >= 0.6 is 0 Å². The Labute approximate surface area is 123 Å². The van der Waals surface area contributed by atoms with Crippen LogP contribution in [0.1, 0.15) is 26.3 Å². The Morgan fingerprint density at radius 3 is 2.38 bits per heavy atom. The molecule has 0 spiro atoms. The van der Waals surface area contributed by atoms with Crippen molar-refractivity contribution in [3.05, 3.63) is 47.0 Å². The largest absolute Gasteiger partial charge is 0.444 e. The van der Waals surface area contributed by atoms with E-state index in [-0.39, 0.29) is 18.0 Å². The normalized spacial score (nSPS) is 18.1. The molecule has 0 saturated heterocycles. The van der Waals surface area contributed by atoms with Gasteiger partial charge in [0.2, 0.25) is 0 Å². The fraction of sp³-hybridized carbons (Fsp3) is 0.312. The predicted octanol–water partition coefficient (Wildman–Crippen LogP) is 2.46. The van der Waals surface area contributed by atoms with Crippen molar-refractivity contribution in [1.29, 1.82) is 0 Å². The standard InChI is InChI=1S/C16H17NO4/c1-10-11(2)17(15(19)14(10)12(3)18)16(20)21-9-13-7-5-4-6-8-13/h4-8,11H,9H2,1-3H3. The van der Waals surface area contributed by atoms with E-state index >= 15 is 0 Å². The highest BCUT2D eigenvalue weighted by Crippen LogP contribution is 2.27. The highest BCUT2D eigenvalue weighted by molar-refractivity contribution is 6.23. The van der Waals surface area contributed by atoms with Gasteiger partial charge in [-0.25, -0.2) is 9.69 Å². The summed E-state index contributed by atoms with van der Waals surface area (Å²) in [5.41, 5.74) is 1.52. The number of rotatable bonds is 3. The van der Waals surface area contributed by atoms with E-state index in [4.69, 9.17) is 4.74 Å². The van der Waals surface area contributed by atoms with Crippen LogP contribution in [0.3, 0.4) is 0 Å². The van der Waals surface area contributed by atoms with Gasteiger partial charge in [-0.1, -0.05) is 30.3 Å². The fourth-order valence-electron chi connectivity index (χ4n) is 2.33. The molecular weight excluding hydrogens is 270 g/mol. The van der Waals surface area contributed by atoms with Crippen molar-refractivity contribution in [3.8, 4) is 0 Å². The molecule has 1 heterocycles. The number of carbonyl (C=O) groups excluding carboxylic acids is 3. The Morgan fingerprint density at radius 1 is 1.24 bits per heavy atom. The number of Topliss-reactive ketones (excluding diaryl/α,β-unsaturated/α-hetero) is 1. The number of imide groups is 1. The van der Waals surface area contributed by atoms with E-state index in [0.717, 1.165) is 10.5 Å². The molecule has 0 saturated carbocycles. The van der Waals surface area contributed by atoms with E-state index < -0.39 is 18.0 Å². The van der Waals surface area contributed by atoms with Crippen molar-refractivity contribution < 1.29 is 19.1 Å². The first kappa shape index (κ1) is 15.0. The smallest absolute Gasteiger partial charge is 0.417 e. The van der Waals surface area contributed by atoms with Gasteiger partial charge in [0.15, 0.2) is 5.78 Å². The van der Waals surface area contributed by atoms with Crippen molar-refractivity contribution in [3.63, 3.8) is 0 Å². The van der Waals surface area contributed by atoms with E-state index in [2.05, 4.69) is 0 Å². The number of carbonyl (C=O) groups is 3. The van der Waals surface area contributed by atoms with Crippen LogP contribution in [0.2, 0.25) is 0 Å². The number of nitrogens with zero attached hydrogens (tertiary/aromatic N) is 1. The SMILES string of the molecule is CC(=O)C1=C(C)C(C)N(C(=O)OCc2ccccc2)C1=O. The van der Waals surface area contributed by atoms with Crippen molar-refractivity contribution in [2.75, 3.05) is 0 Å². The molecule has 1 atom stereocenters. The average Bonchev–Trinajstić information content (AvgIpc) is 2.68. The molecule has 2 rings (SSSR count). The van der Waals surface area contributed by atoms with Crippen LogP contribution in [0, 0.1) is 0 Å². The molecule has 0 aromatic heterocycles. The molecule has 5 heteroatoms. The van der Waals surface area contributed by atoms with Crippen LogP contribution in [0.15, 0.2) is 41.5 Å². The summed E-state index contributed by atoms with van der Waals surface area (Å²) >= 11 is 0. The molecule has 0 N–H and O–H groups in total. The Hall–Kier alpha value is -2.43. The zero-order valence-electron chi connectivity index (χ0n) is 12.3. The van der Waals surface area contributed by atoms with Gasteiger partial charge in [0.05, 0.1) is 11.6 Å². The van der Waals surface area contributed by atoms with Gasteiger partial charge in [0, 0.05) is 0 Å². The molecule has 1 aliphatic heterocycles. The highest BCUT2D eigenvalue weighted by atomic mass is 16.6. The maximum absolute atomic E-state index is 12.2. The van der Waals surface area contributed by atoms with Gasteiger partial charge < -0.3 is 4.74 Å². The second-order valence-corrected chi connectivity index (χ2v) is 5.01. The van der Waals surface area contributed by atoms with E-state index in [1.165, 1.54) is 6.92 Å². The van der Waals surface area contributed by atoms with Gasteiger partial charge >= 0.3 is 6.09 Å². The number of amides is 2. The molecule has 110 valence electrons. The Kier molecular flexibility index (Phi) is 4.21. The molecule has 0 bridgehead atoms. The van der Waals surface area contributed by atoms with Crippen LogP contribution in [-0.4, -0.2) is 28.7 Å². The summed E-state index contributed by atoms with van der Waals surface area (Å²) < 4.78 is 5.16. The summed E-state index contributed by atoms with van der Waals surface area (Å²) in [5, 5.41) is 0. The molecule has 5 nitrogen and oxygen atoms in total. The molecule has 0 fully saturated rings. The minimum atomic E-state index is -0.730. The van der Waals surface area contributed by atoms with Gasteiger partial charge in [-0.3, -0.25) is 9.59 Å². The molecule has 21 heavy (non-hydrogen) atoms. The minimum absolute atomic E-state index is 0.0826.